The second-order valence-corrected chi connectivity index (χ2v) is 8.06. The van der Waals surface area contributed by atoms with Crippen LogP contribution in [0, 0.1) is 0 Å². The minimum Gasteiger partial charge on any atom is -0.495 e. The number of benzene rings is 1. The van der Waals surface area contributed by atoms with E-state index in [1.54, 1.807) is 18.2 Å². The van der Waals surface area contributed by atoms with Crippen LogP contribution in [0.15, 0.2) is 27.6 Å². The van der Waals surface area contributed by atoms with Gasteiger partial charge in [-0.05, 0) is 31.0 Å². The molecule has 0 bridgehead atoms. The number of hydrogen-bond acceptors (Lipinski definition) is 7. The fourth-order valence-corrected chi connectivity index (χ4v) is 4.20. The molecule has 1 aliphatic rings. The first kappa shape index (κ1) is 18.7. The summed E-state index contributed by atoms with van der Waals surface area (Å²) in [5.74, 6) is 2.17. The topological polar surface area (TPSA) is 97.6 Å². The molecule has 1 N–H and O–H groups in total. The van der Waals surface area contributed by atoms with E-state index >= 15 is 0 Å². The zero-order chi connectivity index (χ0) is 18.7. The third kappa shape index (κ3) is 3.83. The molecule has 1 aromatic heterocycles. The van der Waals surface area contributed by atoms with Gasteiger partial charge in [0.2, 0.25) is 15.9 Å². The largest absolute Gasteiger partial charge is 0.495 e. The van der Waals surface area contributed by atoms with E-state index in [1.165, 1.54) is 11.4 Å². The zero-order valence-electron chi connectivity index (χ0n) is 15.2. The predicted octanol–water partition coefficient (Wildman–Crippen LogP) is 2.60. The molecular weight excluding hydrogens is 356 g/mol. The fraction of sp³-hybridized carbons (Fsp3) is 0.529. The molecule has 0 saturated heterocycles. The standard InChI is InChI=1S/C17H24N4O4S/c1-4-21(5-2)26(22,23)13-8-9-15(24-3)14(10-13)18-11-16-19-17(20-25-16)12-6-7-12/h8-10,12,18H,4-7,11H2,1-3H3. The molecule has 0 atom stereocenters. The van der Waals surface area contributed by atoms with Crippen molar-refractivity contribution in [3.63, 3.8) is 0 Å². The fourth-order valence-electron chi connectivity index (χ4n) is 2.72. The van der Waals surface area contributed by atoms with Crippen LogP contribution in [-0.2, 0) is 16.6 Å². The number of anilines is 1. The van der Waals surface area contributed by atoms with Crippen LogP contribution in [0.5, 0.6) is 5.75 Å². The van der Waals surface area contributed by atoms with Crippen LogP contribution in [0.2, 0.25) is 0 Å². The van der Waals surface area contributed by atoms with Gasteiger partial charge >= 0.3 is 0 Å². The smallest absolute Gasteiger partial charge is 0.245 e. The number of nitrogens with one attached hydrogen (secondary N) is 1. The molecule has 1 aliphatic carbocycles. The second-order valence-electron chi connectivity index (χ2n) is 6.13. The highest BCUT2D eigenvalue weighted by Crippen LogP contribution is 2.38. The molecule has 0 aliphatic heterocycles. The van der Waals surface area contributed by atoms with E-state index < -0.39 is 10.0 Å². The Kier molecular flexibility index (Phi) is 5.47. The van der Waals surface area contributed by atoms with Gasteiger partial charge in [-0.2, -0.15) is 9.29 Å². The molecule has 1 heterocycles. The average Bonchev–Trinajstić information content (AvgIpc) is 3.39. The van der Waals surface area contributed by atoms with Crippen LogP contribution in [-0.4, -0.2) is 43.1 Å². The number of aromatic nitrogens is 2. The van der Waals surface area contributed by atoms with Crippen LogP contribution in [0.3, 0.4) is 0 Å². The Morgan fingerprint density at radius 1 is 1.31 bits per heavy atom. The molecule has 8 nitrogen and oxygen atoms in total. The van der Waals surface area contributed by atoms with Gasteiger partial charge in [0.15, 0.2) is 5.82 Å². The number of nitrogens with zero attached hydrogens (tertiary/aromatic N) is 3. The lowest BCUT2D eigenvalue weighted by atomic mass is 10.3. The highest BCUT2D eigenvalue weighted by molar-refractivity contribution is 7.89. The first-order valence-corrected chi connectivity index (χ1v) is 10.2. The molecule has 26 heavy (non-hydrogen) atoms. The Labute approximate surface area is 153 Å². The molecule has 3 rings (SSSR count). The average molecular weight is 380 g/mol. The van der Waals surface area contributed by atoms with Crippen LogP contribution < -0.4 is 10.1 Å². The zero-order valence-corrected chi connectivity index (χ0v) is 16.0. The summed E-state index contributed by atoms with van der Waals surface area (Å²) in [6, 6.07) is 4.77. The minimum absolute atomic E-state index is 0.216. The van der Waals surface area contributed by atoms with Crippen molar-refractivity contribution in [2.75, 3.05) is 25.5 Å². The number of hydrogen-bond donors (Lipinski definition) is 1. The van der Waals surface area contributed by atoms with Gasteiger partial charge in [0, 0.05) is 19.0 Å². The molecule has 1 saturated carbocycles. The maximum absolute atomic E-state index is 12.7. The molecule has 0 spiro atoms. The van der Waals surface area contributed by atoms with Crippen molar-refractivity contribution in [1.82, 2.24) is 14.4 Å². The lowest BCUT2D eigenvalue weighted by molar-refractivity contribution is 0.377. The third-order valence-electron chi connectivity index (χ3n) is 4.37. The van der Waals surface area contributed by atoms with E-state index in [9.17, 15) is 8.42 Å². The van der Waals surface area contributed by atoms with Crippen molar-refractivity contribution >= 4 is 15.7 Å². The molecule has 142 valence electrons. The van der Waals surface area contributed by atoms with Crippen molar-refractivity contribution in [3.05, 3.63) is 29.9 Å². The van der Waals surface area contributed by atoms with Gasteiger partial charge in [-0.1, -0.05) is 19.0 Å². The lowest BCUT2D eigenvalue weighted by Gasteiger charge is -2.19. The van der Waals surface area contributed by atoms with E-state index in [2.05, 4.69) is 15.5 Å². The van der Waals surface area contributed by atoms with Gasteiger partial charge in [0.05, 0.1) is 24.2 Å². The molecule has 0 unspecified atom stereocenters. The van der Waals surface area contributed by atoms with Gasteiger partial charge < -0.3 is 14.6 Å². The van der Waals surface area contributed by atoms with Crippen molar-refractivity contribution in [2.24, 2.45) is 0 Å². The van der Waals surface area contributed by atoms with E-state index in [-0.39, 0.29) is 4.90 Å². The maximum Gasteiger partial charge on any atom is 0.245 e. The Morgan fingerprint density at radius 3 is 2.65 bits per heavy atom. The summed E-state index contributed by atoms with van der Waals surface area (Å²) in [7, 11) is -2.01. The summed E-state index contributed by atoms with van der Waals surface area (Å²) in [5.41, 5.74) is 0.562. The summed E-state index contributed by atoms with van der Waals surface area (Å²) >= 11 is 0. The van der Waals surface area contributed by atoms with Crippen molar-refractivity contribution in [1.29, 1.82) is 0 Å². The van der Waals surface area contributed by atoms with Gasteiger partial charge in [-0.3, -0.25) is 0 Å². The summed E-state index contributed by atoms with van der Waals surface area (Å²) in [4.78, 5) is 4.58. The lowest BCUT2D eigenvalue weighted by Crippen LogP contribution is -2.30. The molecule has 0 radical (unpaired) electrons. The predicted molar refractivity (Wildman–Crippen MR) is 96.7 cm³/mol. The summed E-state index contributed by atoms with van der Waals surface area (Å²) in [5, 5.41) is 7.11. The first-order valence-electron chi connectivity index (χ1n) is 8.74. The van der Waals surface area contributed by atoms with Gasteiger partial charge in [0.25, 0.3) is 0 Å². The van der Waals surface area contributed by atoms with E-state index in [1.807, 2.05) is 13.8 Å². The molecule has 2 aromatic rings. The van der Waals surface area contributed by atoms with Gasteiger partial charge in [-0.15, -0.1) is 0 Å². The van der Waals surface area contributed by atoms with Gasteiger partial charge in [-0.25, -0.2) is 8.42 Å². The Hall–Kier alpha value is -2.13. The van der Waals surface area contributed by atoms with E-state index in [0.29, 0.717) is 42.9 Å². The van der Waals surface area contributed by atoms with Crippen LogP contribution in [0.25, 0.3) is 0 Å². The van der Waals surface area contributed by atoms with Crippen molar-refractivity contribution < 1.29 is 17.7 Å². The molecule has 1 aromatic carbocycles. The highest BCUT2D eigenvalue weighted by atomic mass is 32.2. The quantitative estimate of drug-likeness (QED) is 0.714. The highest BCUT2D eigenvalue weighted by Gasteiger charge is 2.28. The molecule has 9 heteroatoms. The van der Waals surface area contributed by atoms with Crippen LogP contribution in [0.4, 0.5) is 5.69 Å². The number of rotatable bonds is 9. The van der Waals surface area contributed by atoms with Crippen LogP contribution in [0.1, 0.15) is 44.3 Å². The maximum atomic E-state index is 12.7. The molecule has 0 amide bonds. The Bertz CT molecular complexity index is 857. The summed E-state index contributed by atoms with van der Waals surface area (Å²) in [6.07, 6.45) is 2.21. The van der Waals surface area contributed by atoms with Gasteiger partial charge in [0.1, 0.15) is 5.75 Å². The SMILES string of the molecule is CCN(CC)S(=O)(=O)c1ccc(OC)c(NCc2nc(C3CC3)no2)c1. The molecular formula is C17H24N4O4S. The number of methoxy groups -OCH3 is 1. The Morgan fingerprint density at radius 2 is 2.04 bits per heavy atom. The Balaban J connectivity index is 1.80. The normalized spacial score (nSPS) is 14.6. The van der Waals surface area contributed by atoms with Crippen molar-refractivity contribution in [3.8, 4) is 5.75 Å². The van der Waals surface area contributed by atoms with Crippen molar-refractivity contribution in [2.45, 2.75) is 44.0 Å². The third-order valence-corrected chi connectivity index (χ3v) is 6.42. The number of ether oxygens (including phenoxy) is 1. The monoisotopic (exact) mass is 380 g/mol. The molecule has 1 fully saturated rings. The second kappa shape index (κ2) is 7.63. The van der Waals surface area contributed by atoms with Crippen LogP contribution >= 0.6 is 0 Å². The van der Waals surface area contributed by atoms with E-state index in [4.69, 9.17) is 9.26 Å². The first-order chi connectivity index (χ1) is 12.5. The van der Waals surface area contributed by atoms with E-state index in [0.717, 1.165) is 18.7 Å². The minimum atomic E-state index is -3.54. The summed E-state index contributed by atoms with van der Waals surface area (Å²) < 4.78 is 37.4. The number of sulfonamides is 1. The summed E-state index contributed by atoms with van der Waals surface area (Å²) in [6.45, 7) is 4.76.